The Labute approximate surface area is 94.2 Å². The molecule has 14 heavy (non-hydrogen) atoms. The van der Waals surface area contributed by atoms with Gasteiger partial charge in [0.15, 0.2) is 0 Å². The summed E-state index contributed by atoms with van der Waals surface area (Å²) in [5.41, 5.74) is 0.424. The van der Waals surface area contributed by atoms with E-state index in [-0.39, 0.29) is 0 Å². The fourth-order valence-electron chi connectivity index (χ4n) is 0.906. The Hall–Kier alpha value is -0.990. The number of nitriles is 1. The fourth-order valence-corrected chi connectivity index (χ4v) is 2.02. The lowest BCUT2D eigenvalue weighted by molar-refractivity contribution is 0.0599. The number of benzene rings is 1. The Balaban J connectivity index is 3.15. The van der Waals surface area contributed by atoms with Crippen molar-refractivity contribution in [2.75, 3.05) is 7.11 Å². The molecule has 0 saturated heterocycles. The topological polar surface area (TPSA) is 50.1 Å². The highest BCUT2D eigenvalue weighted by Gasteiger charge is 2.12. The number of nitrogens with zero attached hydrogens (tertiary/aromatic N) is 1. The van der Waals surface area contributed by atoms with Crippen LogP contribution in [-0.2, 0) is 4.74 Å². The van der Waals surface area contributed by atoms with Crippen LogP contribution in [0.25, 0.3) is 0 Å². The number of carbonyl (C=O) groups excluding carboxylic acids is 1. The van der Waals surface area contributed by atoms with E-state index in [0.717, 1.165) is 11.8 Å². The molecular formula is C9H6BrNO2S. The van der Waals surface area contributed by atoms with Gasteiger partial charge < -0.3 is 4.74 Å². The molecule has 1 aromatic carbocycles. The molecule has 0 N–H and O–H groups in total. The first kappa shape index (κ1) is 11.1. The number of thioether (sulfide) groups is 1. The van der Waals surface area contributed by atoms with Crippen LogP contribution in [-0.4, -0.2) is 13.1 Å². The first-order valence-electron chi connectivity index (χ1n) is 3.63. The number of ether oxygens (including phenoxy) is 1. The van der Waals surface area contributed by atoms with Gasteiger partial charge in [0.25, 0.3) is 0 Å². The number of hydrogen-bond donors (Lipinski definition) is 0. The van der Waals surface area contributed by atoms with Crippen molar-refractivity contribution in [3.05, 3.63) is 28.2 Å². The zero-order chi connectivity index (χ0) is 10.6. The van der Waals surface area contributed by atoms with E-state index in [4.69, 9.17) is 5.26 Å². The van der Waals surface area contributed by atoms with Gasteiger partial charge >= 0.3 is 5.97 Å². The minimum Gasteiger partial charge on any atom is -0.465 e. The molecule has 0 aliphatic rings. The van der Waals surface area contributed by atoms with Crippen LogP contribution in [0.2, 0.25) is 0 Å². The average molecular weight is 272 g/mol. The van der Waals surface area contributed by atoms with Gasteiger partial charge in [0.2, 0.25) is 0 Å². The predicted octanol–water partition coefficient (Wildman–Crippen LogP) is 2.81. The maximum atomic E-state index is 11.2. The monoisotopic (exact) mass is 271 g/mol. The lowest BCUT2D eigenvalue weighted by Gasteiger charge is -2.04. The highest BCUT2D eigenvalue weighted by Crippen LogP contribution is 2.30. The van der Waals surface area contributed by atoms with Crippen molar-refractivity contribution in [2.24, 2.45) is 0 Å². The molecule has 0 unspecified atom stereocenters. The molecular weight excluding hydrogens is 266 g/mol. The van der Waals surface area contributed by atoms with E-state index in [0.29, 0.717) is 14.9 Å². The standard InChI is InChI=1S/C9H6BrNO2S/c1-13-9(12)6-3-2-4-7(8(6)10)14-5-11/h2-4H,1H3. The summed E-state index contributed by atoms with van der Waals surface area (Å²) < 4.78 is 5.18. The summed E-state index contributed by atoms with van der Waals surface area (Å²) in [7, 11) is 1.32. The van der Waals surface area contributed by atoms with Crippen LogP contribution < -0.4 is 0 Å². The summed E-state index contributed by atoms with van der Waals surface area (Å²) in [6.07, 6.45) is 0. The molecule has 0 aromatic heterocycles. The molecule has 0 radical (unpaired) electrons. The van der Waals surface area contributed by atoms with Crippen molar-refractivity contribution in [2.45, 2.75) is 4.90 Å². The molecule has 1 rings (SSSR count). The average Bonchev–Trinajstić information content (AvgIpc) is 2.20. The molecule has 1 aromatic rings. The molecule has 5 heteroatoms. The summed E-state index contributed by atoms with van der Waals surface area (Å²) in [5.74, 6) is -0.419. The summed E-state index contributed by atoms with van der Waals surface area (Å²) in [6.45, 7) is 0. The second-order valence-corrected chi connectivity index (χ2v) is 3.92. The molecule has 0 heterocycles. The molecule has 72 valence electrons. The summed E-state index contributed by atoms with van der Waals surface area (Å²) in [6, 6.07) is 5.10. The highest BCUT2D eigenvalue weighted by atomic mass is 79.9. The van der Waals surface area contributed by atoms with Gasteiger partial charge in [-0.25, -0.2) is 4.79 Å². The molecule has 0 bridgehead atoms. The third-order valence-corrected chi connectivity index (χ3v) is 3.29. The molecule has 0 aliphatic heterocycles. The van der Waals surface area contributed by atoms with Crippen LogP contribution in [0.4, 0.5) is 0 Å². The SMILES string of the molecule is COC(=O)c1cccc(SC#N)c1Br. The van der Waals surface area contributed by atoms with Crippen LogP contribution in [0.1, 0.15) is 10.4 Å². The second kappa shape index (κ2) is 5.03. The Morgan fingerprint density at radius 1 is 1.64 bits per heavy atom. The van der Waals surface area contributed by atoms with Gasteiger partial charge in [-0.15, -0.1) is 0 Å². The second-order valence-electron chi connectivity index (χ2n) is 2.30. The van der Waals surface area contributed by atoms with Crippen LogP contribution in [0, 0.1) is 10.7 Å². The van der Waals surface area contributed by atoms with E-state index in [9.17, 15) is 4.79 Å². The Bertz CT molecular complexity index is 400. The quantitative estimate of drug-likeness (QED) is 0.472. The minimum absolute atomic E-state index is 0.419. The van der Waals surface area contributed by atoms with E-state index >= 15 is 0 Å². The molecule has 0 amide bonds. The van der Waals surface area contributed by atoms with Gasteiger partial charge in [-0.1, -0.05) is 6.07 Å². The number of thiocyanates is 1. The number of hydrogen-bond acceptors (Lipinski definition) is 4. The van der Waals surface area contributed by atoms with Crippen LogP contribution in [0.5, 0.6) is 0 Å². The lowest BCUT2D eigenvalue weighted by atomic mass is 10.2. The zero-order valence-electron chi connectivity index (χ0n) is 7.28. The fraction of sp³-hybridized carbons (Fsp3) is 0.111. The molecule has 0 atom stereocenters. The van der Waals surface area contributed by atoms with Crippen molar-refractivity contribution < 1.29 is 9.53 Å². The maximum Gasteiger partial charge on any atom is 0.339 e. The first-order chi connectivity index (χ1) is 6.70. The van der Waals surface area contributed by atoms with Gasteiger partial charge in [-0.3, -0.25) is 0 Å². The number of carbonyl (C=O) groups is 1. The maximum absolute atomic E-state index is 11.2. The number of methoxy groups -OCH3 is 1. The predicted molar refractivity (Wildman–Crippen MR) is 57.0 cm³/mol. The molecule has 0 aliphatic carbocycles. The van der Waals surface area contributed by atoms with Crippen molar-refractivity contribution >= 4 is 33.7 Å². The first-order valence-corrected chi connectivity index (χ1v) is 5.24. The number of rotatable bonds is 2. The van der Waals surface area contributed by atoms with E-state index < -0.39 is 5.97 Å². The molecule has 0 fully saturated rings. The molecule has 0 spiro atoms. The number of esters is 1. The van der Waals surface area contributed by atoms with Gasteiger partial charge in [0.05, 0.1) is 12.7 Å². The van der Waals surface area contributed by atoms with Gasteiger partial charge in [0.1, 0.15) is 5.40 Å². The van der Waals surface area contributed by atoms with Gasteiger partial charge in [-0.2, -0.15) is 5.26 Å². The largest absolute Gasteiger partial charge is 0.465 e. The van der Waals surface area contributed by atoms with Crippen LogP contribution >= 0.6 is 27.7 Å². The van der Waals surface area contributed by atoms with Crippen molar-refractivity contribution in [1.29, 1.82) is 5.26 Å². The van der Waals surface area contributed by atoms with Crippen molar-refractivity contribution in [3.8, 4) is 5.40 Å². The highest BCUT2D eigenvalue weighted by molar-refractivity contribution is 9.10. The van der Waals surface area contributed by atoms with E-state index in [1.54, 1.807) is 18.2 Å². The Morgan fingerprint density at radius 2 is 2.36 bits per heavy atom. The number of halogens is 1. The molecule has 0 saturated carbocycles. The minimum atomic E-state index is -0.419. The van der Waals surface area contributed by atoms with E-state index in [2.05, 4.69) is 20.7 Å². The van der Waals surface area contributed by atoms with Crippen LogP contribution in [0.15, 0.2) is 27.6 Å². The lowest BCUT2D eigenvalue weighted by Crippen LogP contribution is -2.02. The Morgan fingerprint density at radius 3 is 2.93 bits per heavy atom. The van der Waals surface area contributed by atoms with E-state index in [1.165, 1.54) is 7.11 Å². The Kier molecular flexibility index (Phi) is 3.98. The van der Waals surface area contributed by atoms with Crippen LogP contribution in [0.3, 0.4) is 0 Å². The third-order valence-electron chi connectivity index (χ3n) is 1.52. The zero-order valence-corrected chi connectivity index (χ0v) is 9.68. The summed E-state index contributed by atoms with van der Waals surface area (Å²) in [4.78, 5) is 12.0. The van der Waals surface area contributed by atoms with E-state index in [1.807, 2.05) is 5.40 Å². The van der Waals surface area contributed by atoms with Crippen molar-refractivity contribution in [1.82, 2.24) is 0 Å². The smallest absolute Gasteiger partial charge is 0.339 e. The summed E-state index contributed by atoms with van der Waals surface area (Å²) >= 11 is 4.25. The van der Waals surface area contributed by atoms with Gasteiger partial charge in [0, 0.05) is 9.37 Å². The third kappa shape index (κ3) is 2.28. The molecule has 3 nitrogen and oxygen atoms in total. The van der Waals surface area contributed by atoms with Crippen molar-refractivity contribution in [3.63, 3.8) is 0 Å². The normalized spacial score (nSPS) is 9.21. The summed E-state index contributed by atoms with van der Waals surface area (Å²) in [5, 5.41) is 10.5. The van der Waals surface area contributed by atoms with Gasteiger partial charge in [-0.05, 0) is 39.8 Å².